The maximum absolute atomic E-state index is 12.3. The number of carboxylic acid groups (broad SMARTS) is 1. The summed E-state index contributed by atoms with van der Waals surface area (Å²) < 4.78 is 1.24. The second-order valence-corrected chi connectivity index (χ2v) is 7.09. The molecule has 0 saturated carbocycles. The van der Waals surface area contributed by atoms with Crippen LogP contribution in [0.2, 0.25) is 0 Å². The summed E-state index contributed by atoms with van der Waals surface area (Å²) in [6.07, 6.45) is 8.58. The largest absolute Gasteiger partial charge is 0.480 e. The molecule has 0 bridgehead atoms. The second-order valence-electron chi connectivity index (χ2n) is 5.96. The molecule has 0 atom stereocenters. The highest BCUT2D eigenvalue weighted by molar-refractivity contribution is 7.14. The van der Waals surface area contributed by atoms with Crippen LogP contribution in [0.15, 0.2) is 12.3 Å². The number of fused-ring (bicyclic) bond motifs is 1. The lowest BCUT2D eigenvalue weighted by Crippen LogP contribution is -2.22. The zero-order chi connectivity index (χ0) is 16.9. The van der Waals surface area contributed by atoms with Gasteiger partial charge in [-0.3, -0.25) is 9.59 Å². The number of amides is 1. The lowest BCUT2D eigenvalue weighted by atomic mass is 10.00. The number of nitrogens with one attached hydrogen (secondary N) is 1. The van der Waals surface area contributed by atoms with Crippen molar-refractivity contribution < 1.29 is 14.7 Å². The zero-order valence-electron chi connectivity index (χ0n) is 13.3. The van der Waals surface area contributed by atoms with Gasteiger partial charge < -0.3 is 10.4 Å². The van der Waals surface area contributed by atoms with E-state index in [1.165, 1.54) is 47.0 Å². The molecule has 24 heavy (non-hydrogen) atoms. The smallest absolute Gasteiger partial charge is 0.325 e. The van der Waals surface area contributed by atoms with E-state index in [-0.39, 0.29) is 19.0 Å². The van der Waals surface area contributed by atoms with Crippen LogP contribution in [0.4, 0.5) is 0 Å². The van der Waals surface area contributed by atoms with Crippen LogP contribution in [0.25, 0.3) is 0 Å². The third kappa shape index (κ3) is 4.19. The number of aryl methyl sites for hydroxylation is 2. The topological polar surface area (TPSA) is 97.1 Å². The van der Waals surface area contributed by atoms with Crippen molar-refractivity contribution in [3.05, 3.63) is 33.3 Å². The molecule has 0 aromatic carbocycles. The summed E-state index contributed by atoms with van der Waals surface area (Å²) in [5.74, 6) is -1.09. The summed E-state index contributed by atoms with van der Waals surface area (Å²) in [5.41, 5.74) is 1.86. The SMILES string of the molecule is O=C(O)Cn1cc(CNC(=O)c2cc3c(s2)CCCCCC3)nn1. The van der Waals surface area contributed by atoms with Gasteiger partial charge in [0.1, 0.15) is 12.2 Å². The van der Waals surface area contributed by atoms with Crippen molar-refractivity contribution in [1.82, 2.24) is 20.3 Å². The van der Waals surface area contributed by atoms with E-state index in [2.05, 4.69) is 15.6 Å². The van der Waals surface area contributed by atoms with E-state index < -0.39 is 5.97 Å². The number of carbonyl (C=O) groups excluding carboxylic acids is 1. The van der Waals surface area contributed by atoms with Gasteiger partial charge in [-0.05, 0) is 37.3 Å². The molecule has 0 radical (unpaired) electrons. The Bertz CT molecular complexity index is 712. The zero-order valence-corrected chi connectivity index (χ0v) is 14.1. The number of aliphatic carboxylic acids is 1. The van der Waals surface area contributed by atoms with Gasteiger partial charge in [0.15, 0.2) is 0 Å². The number of carboxylic acids is 1. The maximum atomic E-state index is 12.3. The molecule has 3 rings (SSSR count). The molecule has 0 unspecified atom stereocenters. The fraction of sp³-hybridized carbons (Fsp3) is 0.500. The van der Waals surface area contributed by atoms with Crippen LogP contribution in [0.1, 0.15) is 51.5 Å². The van der Waals surface area contributed by atoms with E-state index in [1.54, 1.807) is 11.3 Å². The number of rotatable bonds is 5. The monoisotopic (exact) mass is 348 g/mol. The first-order valence-electron chi connectivity index (χ1n) is 8.12. The Hall–Kier alpha value is -2.22. The first kappa shape index (κ1) is 16.6. The van der Waals surface area contributed by atoms with Crippen molar-refractivity contribution in [3.8, 4) is 0 Å². The van der Waals surface area contributed by atoms with Gasteiger partial charge in [-0.25, -0.2) is 4.68 Å². The second kappa shape index (κ2) is 7.57. The number of nitrogens with zero attached hydrogens (tertiary/aromatic N) is 3. The van der Waals surface area contributed by atoms with E-state index >= 15 is 0 Å². The highest BCUT2D eigenvalue weighted by atomic mass is 32.1. The van der Waals surface area contributed by atoms with Crippen molar-refractivity contribution in [3.63, 3.8) is 0 Å². The number of hydrogen-bond acceptors (Lipinski definition) is 5. The predicted octanol–water partition coefficient (Wildman–Crippen LogP) is 2.01. The number of carbonyl (C=O) groups is 2. The predicted molar refractivity (Wildman–Crippen MR) is 89.0 cm³/mol. The lowest BCUT2D eigenvalue weighted by molar-refractivity contribution is -0.137. The van der Waals surface area contributed by atoms with E-state index in [0.29, 0.717) is 5.69 Å². The molecule has 128 valence electrons. The number of thiophene rings is 1. The molecule has 0 fully saturated rings. The molecule has 0 spiro atoms. The summed E-state index contributed by atoms with van der Waals surface area (Å²) in [5, 5.41) is 19.1. The average Bonchev–Trinajstić information content (AvgIpc) is 3.11. The van der Waals surface area contributed by atoms with E-state index in [1.807, 2.05) is 6.07 Å². The van der Waals surface area contributed by atoms with Crippen molar-refractivity contribution in [1.29, 1.82) is 0 Å². The highest BCUT2D eigenvalue weighted by Crippen LogP contribution is 2.28. The Balaban J connectivity index is 1.59. The molecule has 2 aromatic rings. The molecule has 2 N–H and O–H groups in total. The number of aromatic nitrogens is 3. The molecule has 1 amide bonds. The quantitative estimate of drug-likeness (QED) is 0.861. The van der Waals surface area contributed by atoms with Crippen LogP contribution < -0.4 is 5.32 Å². The van der Waals surface area contributed by atoms with Crippen LogP contribution in [0, 0.1) is 0 Å². The van der Waals surface area contributed by atoms with Crippen LogP contribution in [0.5, 0.6) is 0 Å². The molecule has 7 nitrogen and oxygen atoms in total. The van der Waals surface area contributed by atoms with Crippen LogP contribution in [0.3, 0.4) is 0 Å². The van der Waals surface area contributed by atoms with E-state index in [9.17, 15) is 9.59 Å². The summed E-state index contributed by atoms with van der Waals surface area (Å²) in [4.78, 5) is 25.0. The first-order valence-corrected chi connectivity index (χ1v) is 8.94. The summed E-state index contributed by atoms with van der Waals surface area (Å²) in [7, 11) is 0. The molecule has 2 aromatic heterocycles. The molecule has 1 aliphatic rings. The Kier molecular flexibility index (Phi) is 5.24. The minimum Gasteiger partial charge on any atom is -0.480 e. The molecule has 8 heteroatoms. The summed E-state index contributed by atoms with van der Waals surface area (Å²) in [6.45, 7) is -0.000387. The molecular formula is C16H20N4O3S. The van der Waals surface area contributed by atoms with Gasteiger partial charge in [0.2, 0.25) is 0 Å². The van der Waals surface area contributed by atoms with Crippen LogP contribution in [-0.4, -0.2) is 32.0 Å². The first-order chi connectivity index (χ1) is 11.6. The van der Waals surface area contributed by atoms with Gasteiger partial charge >= 0.3 is 5.97 Å². The average molecular weight is 348 g/mol. The standard InChI is InChI=1S/C16H20N4O3S/c21-15(22)10-20-9-12(18-19-20)8-17-16(23)14-7-11-5-3-1-2-4-6-13(11)24-14/h7,9H,1-6,8,10H2,(H,17,23)(H,21,22). The van der Waals surface area contributed by atoms with Gasteiger partial charge in [0, 0.05) is 4.88 Å². The Labute approximate surface area is 143 Å². The highest BCUT2D eigenvalue weighted by Gasteiger charge is 2.16. The third-order valence-electron chi connectivity index (χ3n) is 4.03. The summed E-state index contributed by atoms with van der Waals surface area (Å²) >= 11 is 1.58. The molecule has 0 aliphatic heterocycles. The van der Waals surface area contributed by atoms with E-state index in [4.69, 9.17) is 5.11 Å². The molecular weight excluding hydrogens is 328 g/mol. The third-order valence-corrected chi connectivity index (χ3v) is 5.27. The van der Waals surface area contributed by atoms with Crippen molar-refractivity contribution in [2.75, 3.05) is 0 Å². The Morgan fingerprint density at radius 2 is 2.04 bits per heavy atom. The normalized spacial score (nSPS) is 14.5. The molecule has 2 heterocycles. The lowest BCUT2D eigenvalue weighted by Gasteiger charge is -2.07. The minimum absolute atomic E-state index is 0.112. The van der Waals surface area contributed by atoms with Crippen molar-refractivity contribution in [2.45, 2.75) is 51.6 Å². The van der Waals surface area contributed by atoms with Gasteiger partial charge in [-0.1, -0.05) is 18.1 Å². The molecule has 0 saturated heterocycles. The fourth-order valence-corrected chi connectivity index (χ4v) is 4.02. The Morgan fingerprint density at radius 3 is 2.83 bits per heavy atom. The van der Waals surface area contributed by atoms with Gasteiger partial charge in [0.25, 0.3) is 5.91 Å². The Morgan fingerprint density at radius 1 is 1.25 bits per heavy atom. The molecule has 1 aliphatic carbocycles. The van der Waals surface area contributed by atoms with Gasteiger partial charge in [-0.15, -0.1) is 16.4 Å². The summed E-state index contributed by atoms with van der Waals surface area (Å²) in [6, 6.07) is 2.02. The fourth-order valence-electron chi connectivity index (χ4n) is 2.85. The van der Waals surface area contributed by atoms with Crippen LogP contribution in [-0.2, 0) is 30.7 Å². The minimum atomic E-state index is -0.980. The van der Waals surface area contributed by atoms with Crippen molar-refractivity contribution >= 4 is 23.2 Å². The number of hydrogen-bond donors (Lipinski definition) is 2. The van der Waals surface area contributed by atoms with Crippen molar-refractivity contribution in [2.24, 2.45) is 0 Å². The van der Waals surface area contributed by atoms with Gasteiger partial charge in [0.05, 0.1) is 17.6 Å². The maximum Gasteiger partial charge on any atom is 0.325 e. The van der Waals surface area contributed by atoms with Gasteiger partial charge in [-0.2, -0.15) is 0 Å². The van der Waals surface area contributed by atoms with Crippen LogP contribution >= 0.6 is 11.3 Å². The van der Waals surface area contributed by atoms with E-state index in [0.717, 1.165) is 17.7 Å².